The van der Waals surface area contributed by atoms with E-state index in [4.69, 9.17) is 0 Å². The molecule has 0 unspecified atom stereocenters. The van der Waals surface area contributed by atoms with Crippen molar-refractivity contribution in [1.82, 2.24) is 0 Å². The molecule has 0 saturated heterocycles. The molecule has 28 valence electrons. The van der Waals surface area contributed by atoms with Gasteiger partial charge in [-0.05, 0) is 18.2 Å². The Bertz CT molecular complexity index is 138. The van der Waals surface area contributed by atoms with Crippen LogP contribution in [-0.4, -0.2) is 0 Å². The van der Waals surface area contributed by atoms with Gasteiger partial charge in [0.1, 0.15) is 0 Å². The van der Waals surface area contributed by atoms with Gasteiger partial charge in [0.15, 0.2) is 0 Å². The summed E-state index contributed by atoms with van der Waals surface area (Å²) in [6.45, 7) is 3.57. The molecule has 0 atom stereocenters. The van der Waals surface area contributed by atoms with Crippen LogP contribution in [0.1, 0.15) is 0 Å². The fraction of sp³-hybridized carbons (Fsp3) is 0. The first-order valence-electron chi connectivity index (χ1n) is 1.76. The second-order valence-electron chi connectivity index (χ2n) is 1.10. The molecule has 1 rings (SSSR count). The average molecular weight is 76.1 g/mol. The summed E-state index contributed by atoms with van der Waals surface area (Å²) in [7, 11) is 0. The van der Waals surface area contributed by atoms with Crippen molar-refractivity contribution in [3.05, 3.63) is 29.5 Å². The van der Waals surface area contributed by atoms with Crippen LogP contribution < -0.4 is 5.22 Å². The third kappa shape index (κ3) is 0.378. The lowest BCUT2D eigenvalue weighted by molar-refractivity contribution is 1.79. The first kappa shape index (κ1) is 3.32. The normalized spacial score (nSPS) is 8.00. The van der Waals surface area contributed by atoms with Gasteiger partial charge in [0.25, 0.3) is 0 Å². The minimum absolute atomic E-state index is 0.843. The fourth-order valence-electron chi connectivity index (χ4n) is 0.326. The van der Waals surface area contributed by atoms with E-state index in [2.05, 4.69) is 18.7 Å². The lowest BCUT2D eigenvalue weighted by Crippen LogP contribution is -1.84. The molecule has 0 heteroatoms. The minimum Gasteiger partial charge on any atom is -0.113 e. The van der Waals surface area contributed by atoms with E-state index in [0.717, 1.165) is 5.22 Å². The molecule has 0 saturated carbocycles. The molecule has 6 heavy (non-hydrogen) atoms. The molecule has 0 aromatic heterocycles. The third-order valence-electron chi connectivity index (χ3n) is 0.598. The van der Waals surface area contributed by atoms with Crippen LogP contribution in [0.25, 0.3) is 6.58 Å². The number of hydrogen-bond acceptors (Lipinski definition) is 0. The summed E-state index contributed by atoms with van der Waals surface area (Å²) in [5.74, 6) is 0. The Hall–Kier alpha value is -0.870. The first-order valence-corrected chi connectivity index (χ1v) is 1.76. The Morgan fingerprint density at radius 3 is 2.83 bits per heavy atom. The van der Waals surface area contributed by atoms with Gasteiger partial charge in [-0.15, -0.1) is 6.07 Å². The van der Waals surface area contributed by atoms with Gasteiger partial charge in [-0.25, -0.2) is 0 Å². The highest BCUT2D eigenvalue weighted by Gasteiger charge is 1.67. The van der Waals surface area contributed by atoms with Crippen molar-refractivity contribution in [3.63, 3.8) is 0 Å². The second-order valence-corrected chi connectivity index (χ2v) is 1.10. The molecule has 0 aliphatic rings. The van der Waals surface area contributed by atoms with Crippen molar-refractivity contribution < 1.29 is 0 Å². The molecular weight excluding hydrogens is 72.1 g/mol. The Morgan fingerprint density at radius 1 is 1.83 bits per heavy atom. The van der Waals surface area contributed by atoms with Crippen molar-refractivity contribution in [2.45, 2.75) is 0 Å². The molecule has 0 aliphatic heterocycles. The van der Waals surface area contributed by atoms with E-state index in [9.17, 15) is 0 Å². The van der Waals surface area contributed by atoms with Crippen molar-refractivity contribution in [3.8, 4) is 0 Å². The van der Waals surface area contributed by atoms with E-state index in [1.165, 1.54) is 0 Å². The van der Waals surface area contributed by atoms with E-state index in [-0.39, 0.29) is 0 Å². The molecule has 1 aromatic carbocycles. The lowest BCUT2D eigenvalue weighted by atomic mass is 10.5. The average Bonchev–Trinajstić information content (AvgIpc) is 1.86. The lowest BCUT2D eigenvalue weighted by Gasteiger charge is -1.50. The molecule has 0 spiro atoms. The molecule has 0 heterocycles. The Balaban J connectivity index is 3.41. The molecule has 0 radical (unpaired) electrons. The maximum Gasteiger partial charge on any atom is 0.0171 e. The molecule has 0 fully saturated rings. The van der Waals surface area contributed by atoms with Crippen molar-refractivity contribution in [2.24, 2.45) is 0 Å². The zero-order valence-corrected chi connectivity index (χ0v) is 3.36. The zero-order chi connectivity index (χ0) is 4.41. The van der Waals surface area contributed by atoms with Gasteiger partial charge >= 0.3 is 0 Å². The largest absolute Gasteiger partial charge is 0.113 e. The summed E-state index contributed by atoms with van der Waals surface area (Å²) < 4.78 is 0. The second kappa shape index (κ2) is 1.08. The molecule has 0 nitrogen and oxygen atoms in total. The summed E-state index contributed by atoms with van der Waals surface area (Å²) >= 11 is 0. The van der Waals surface area contributed by atoms with Gasteiger partial charge < -0.3 is 0 Å². The van der Waals surface area contributed by atoms with E-state index in [1.807, 2.05) is 0 Å². The van der Waals surface area contributed by atoms with Gasteiger partial charge in [-0.3, -0.25) is 0 Å². The molecule has 0 amide bonds. The molecule has 0 bridgehead atoms. The van der Waals surface area contributed by atoms with Crippen LogP contribution in [0.3, 0.4) is 0 Å². The van der Waals surface area contributed by atoms with Crippen LogP contribution in [0.2, 0.25) is 0 Å². The summed E-state index contributed by atoms with van der Waals surface area (Å²) in [6.07, 6.45) is 0. The highest BCUT2D eigenvalue weighted by Crippen LogP contribution is 1.67. The van der Waals surface area contributed by atoms with E-state index >= 15 is 0 Å². The summed E-state index contributed by atoms with van der Waals surface area (Å²) in [5.41, 5.74) is 0. The van der Waals surface area contributed by atoms with Crippen LogP contribution >= 0.6 is 0 Å². The van der Waals surface area contributed by atoms with E-state index in [0.29, 0.717) is 0 Å². The molecule has 0 aliphatic carbocycles. The van der Waals surface area contributed by atoms with Gasteiger partial charge in [0.2, 0.25) is 0 Å². The number of rotatable bonds is 0. The van der Waals surface area contributed by atoms with Crippen molar-refractivity contribution in [2.75, 3.05) is 0 Å². The standard InChI is InChI=1S/C6H4/c1-6-4-2-3-5-6/h2-3H,1H2. The van der Waals surface area contributed by atoms with Crippen LogP contribution in [-0.2, 0) is 0 Å². The summed E-state index contributed by atoms with van der Waals surface area (Å²) in [4.78, 5) is 0. The van der Waals surface area contributed by atoms with Gasteiger partial charge in [0.05, 0.1) is 0 Å². The Labute approximate surface area is 37.1 Å². The smallest absolute Gasteiger partial charge is 0.0171 e. The third-order valence-corrected chi connectivity index (χ3v) is 0.598. The molecule has 1 aromatic rings. The SMILES string of the molecule is C=c1[c+]cc[c-]1. The molecular formula is C6H4. The minimum atomic E-state index is 0.843. The Kier molecular flexibility index (Phi) is 0.597. The quantitative estimate of drug-likeness (QED) is 0.393. The van der Waals surface area contributed by atoms with Gasteiger partial charge in [-0.1, -0.05) is 6.58 Å². The fourth-order valence-corrected chi connectivity index (χ4v) is 0.326. The van der Waals surface area contributed by atoms with Gasteiger partial charge in [0, 0.05) is 5.22 Å². The predicted octanol–water partition coefficient (Wildman–Crippen LogP) is 0.416. The zero-order valence-electron chi connectivity index (χ0n) is 3.36. The summed E-state index contributed by atoms with van der Waals surface area (Å²) in [6, 6.07) is 9.25. The highest BCUT2D eigenvalue weighted by molar-refractivity contribution is 5.06. The van der Waals surface area contributed by atoms with Crippen LogP contribution in [0, 0.1) is 12.1 Å². The van der Waals surface area contributed by atoms with Crippen LogP contribution in [0.4, 0.5) is 0 Å². The maximum absolute atomic E-state index is 3.57. The monoisotopic (exact) mass is 76.0 g/mol. The van der Waals surface area contributed by atoms with Crippen LogP contribution in [0.5, 0.6) is 0 Å². The number of hydrogen-bond donors (Lipinski definition) is 0. The summed E-state index contributed by atoms with van der Waals surface area (Å²) in [5, 5.41) is 0.843. The highest BCUT2D eigenvalue weighted by atomic mass is 13.7. The predicted molar refractivity (Wildman–Crippen MR) is 24.9 cm³/mol. The molecule has 0 N–H and O–H groups in total. The topological polar surface area (TPSA) is 0 Å². The maximum atomic E-state index is 3.57. The van der Waals surface area contributed by atoms with Crippen molar-refractivity contribution >= 4 is 6.58 Å². The van der Waals surface area contributed by atoms with Crippen molar-refractivity contribution in [1.29, 1.82) is 0 Å². The van der Waals surface area contributed by atoms with E-state index < -0.39 is 0 Å². The van der Waals surface area contributed by atoms with E-state index in [1.54, 1.807) is 12.1 Å². The Morgan fingerprint density at radius 2 is 2.67 bits per heavy atom. The van der Waals surface area contributed by atoms with Gasteiger partial charge in [-0.2, -0.15) is 0 Å². The first-order chi connectivity index (χ1) is 2.89. The van der Waals surface area contributed by atoms with Crippen LogP contribution in [0.15, 0.2) is 12.1 Å².